The van der Waals surface area contributed by atoms with Crippen LogP contribution in [0.4, 0.5) is 35.1 Å². The summed E-state index contributed by atoms with van der Waals surface area (Å²) in [7, 11) is 0. The normalized spacial score (nSPS) is 13.4. The lowest BCUT2D eigenvalue weighted by atomic mass is 10.0. The zero-order chi connectivity index (χ0) is 21.1. The number of hydrogen-bond acceptors (Lipinski definition) is 1. The highest BCUT2D eigenvalue weighted by atomic mass is 35.5. The van der Waals surface area contributed by atoms with Gasteiger partial charge in [0.2, 0.25) is 0 Å². The zero-order valence-corrected chi connectivity index (χ0v) is 14.6. The van der Waals surface area contributed by atoms with E-state index in [4.69, 9.17) is 23.2 Å². The van der Waals surface area contributed by atoms with Gasteiger partial charge in [0.15, 0.2) is 5.82 Å². The molecular weight excluding hydrogens is 443 g/mol. The third-order valence-electron chi connectivity index (χ3n) is 3.81. The van der Waals surface area contributed by atoms with Crippen molar-refractivity contribution in [1.29, 1.82) is 0 Å². The molecule has 0 amide bonds. The van der Waals surface area contributed by atoms with Crippen LogP contribution in [-0.4, -0.2) is 16.1 Å². The first kappa shape index (κ1) is 20.7. The molecule has 0 aliphatic heterocycles. The van der Waals surface area contributed by atoms with Gasteiger partial charge in [0.1, 0.15) is 0 Å². The van der Waals surface area contributed by atoms with Crippen molar-refractivity contribution in [3.8, 4) is 11.1 Å². The number of fused-ring (bicyclic) bond motifs is 1. The number of alkyl halides is 8. The summed E-state index contributed by atoms with van der Waals surface area (Å²) in [5.41, 5.74) is -1.50. The van der Waals surface area contributed by atoms with Crippen LogP contribution in [0.25, 0.3) is 22.2 Å². The Morgan fingerprint density at radius 3 is 1.93 bits per heavy atom. The number of rotatable bonds is 2. The number of imidazole rings is 1. The Hall–Kier alpha value is -2.07. The second-order valence-electron chi connectivity index (χ2n) is 5.70. The van der Waals surface area contributed by atoms with E-state index in [9.17, 15) is 35.1 Å². The summed E-state index contributed by atoms with van der Waals surface area (Å²) in [6.45, 7) is 0. The SMILES string of the molecule is FC(F)(F)c1ccc(-c2cc3nc(C(F)(F)C(F)(F)F)[nH]c3cc2Cl)c(Cl)c1. The Kier molecular flexibility index (Phi) is 4.78. The molecule has 0 atom stereocenters. The Bertz CT molecular complexity index is 1050. The minimum atomic E-state index is -5.87. The summed E-state index contributed by atoms with van der Waals surface area (Å²) in [5.74, 6) is -6.87. The van der Waals surface area contributed by atoms with E-state index in [1.54, 1.807) is 0 Å². The molecule has 1 aromatic heterocycles. The minimum Gasteiger partial charge on any atom is -0.337 e. The quantitative estimate of drug-likeness (QED) is 0.412. The first-order valence-corrected chi connectivity index (χ1v) is 7.99. The number of nitrogens with zero attached hydrogens (tertiary/aromatic N) is 1. The molecule has 0 saturated carbocycles. The molecule has 0 spiro atoms. The van der Waals surface area contributed by atoms with Crippen LogP contribution in [0.2, 0.25) is 10.0 Å². The molecule has 2 aromatic carbocycles. The van der Waals surface area contributed by atoms with E-state index in [1.807, 2.05) is 4.98 Å². The monoisotopic (exact) mass is 448 g/mol. The van der Waals surface area contributed by atoms with Crippen LogP contribution in [0.1, 0.15) is 11.4 Å². The highest BCUT2D eigenvalue weighted by Crippen LogP contribution is 2.44. The molecule has 1 heterocycles. The van der Waals surface area contributed by atoms with Gasteiger partial charge >= 0.3 is 18.3 Å². The van der Waals surface area contributed by atoms with Crippen LogP contribution < -0.4 is 0 Å². The first-order chi connectivity index (χ1) is 12.7. The number of benzene rings is 2. The van der Waals surface area contributed by atoms with Gasteiger partial charge in [-0.15, -0.1) is 0 Å². The Morgan fingerprint density at radius 2 is 1.39 bits per heavy atom. The highest BCUT2D eigenvalue weighted by molar-refractivity contribution is 6.37. The molecule has 0 unspecified atom stereocenters. The Labute approximate surface area is 161 Å². The van der Waals surface area contributed by atoms with E-state index >= 15 is 0 Å². The van der Waals surface area contributed by atoms with Gasteiger partial charge < -0.3 is 4.98 Å². The van der Waals surface area contributed by atoms with Crippen LogP contribution in [-0.2, 0) is 12.1 Å². The molecule has 0 aliphatic rings. The molecule has 2 nitrogen and oxygen atoms in total. The molecule has 0 aliphatic carbocycles. The minimum absolute atomic E-state index is 0.0151. The summed E-state index contributed by atoms with van der Waals surface area (Å²) in [4.78, 5) is 5.12. The fourth-order valence-corrected chi connectivity index (χ4v) is 2.98. The fourth-order valence-electron chi connectivity index (χ4n) is 2.43. The van der Waals surface area contributed by atoms with Gasteiger partial charge in [-0.3, -0.25) is 0 Å². The van der Waals surface area contributed by atoms with Gasteiger partial charge in [0.25, 0.3) is 0 Å². The third-order valence-corrected chi connectivity index (χ3v) is 4.44. The van der Waals surface area contributed by atoms with Crippen molar-refractivity contribution in [2.45, 2.75) is 18.3 Å². The first-order valence-electron chi connectivity index (χ1n) is 7.23. The molecule has 1 N–H and O–H groups in total. The lowest BCUT2D eigenvalue weighted by Crippen LogP contribution is -2.34. The predicted octanol–water partition coefficient (Wildman–Crippen LogP) is 7.21. The van der Waals surface area contributed by atoms with Crippen LogP contribution in [0.15, 0.2) is 30.3 Å². The van der Waals surface area contributed by atoms with E-state index < -0.39 is 29.7 Å². The molecule has 28 heavy (non-hydrogen) atoms. The molecule has 12 heteroatoms. The van der Waals surface area contributed by atoms with Crippen LogP contribution in [0.5, 0.6) is 0 Å². The summed E-state index contributed by atoms with van der Waals surface area (Å²) in [6.07, 6.45) is -10.5. The molecule has 0 saturated heterocycles. The predicted molar refractivity (Wildman–Crippen MR) is 86.5 cm³/mol. The van der Waals surface area contributed by atoms with Gasteiger partial charge in [-0.2, -0.15) is 35.1 Å². The standard InChI is InChI=1S/C16H6Cl2F8N2/c17-9-3-6(15(21,22)23)1-2-7(9)8-4-11-12(5-10(8)18)28-13(27-11)14(19,20)16(24,25)26/h1-5H,(H,27,28). The van der Waals surface area contributed by atoms with Crippen LogP contribution in [0, 0.1) is 0 Å². The number of aromatic amines is 1. The van der Waals surface area contributed by atoms with Crippen molar-refractivity contribution >= 4 is 34.2 Å². The fraction of sp³-hybridized carbons (Fsp3) is 0.188. The summed E-state index contributed by atoms with van der Waals surface area (Å²) in [6, 6.07) is 4.47. The largest absolute Gasteiger partial charge is 0.461 e. The highest BCUT2D eigenvalue weighted by Gasteiger charge is 2.61. The van der Waals surface area contributed by atoms with Crippen LogP contribution >= 0.6 is 23.2 Å². The smallest absolute Gasteiger partial charge is 0.337 e. The van der Waals surface area contributed by atoms with Crippen molar-refractivity contribution in [1.82, 2.24) is 9.97 Å². The molecule has 0 bridgehead atoms. The Balaban J connectivity index is 2.13. The van der Waals surface area contributed by atoms with Gasteiger partial charge in [-0.1, -0.05) is 29.3 Å². The number of hydrogen-bond donors (Lipinski definition) is 1. The number of halogens is 10. The maximum atomic E-state index is 13.5. The van der Waals surface area contributed by atoms with Crippen molar-refractivity contribution in [3.05, 3.63) is 51.8 Å². The lowest BCUT2D eigenvalue weighted by molar-refractivity contribution is -0.292. The Morgan fingerprint density at radius 1 is 0.786 bits per heavy atom. The van der Waals surface area contributed by atoms with Crippen molar-refractivity contribution < 1.29 is 35.1 Å². The van der Waals surface area contributed by atoms with Gasteiger partial charge in [0, 0.05) is 16.1 Å². The average Bonchev–Trinajstić information content (AvgIpc) is 2.95. The second kappa shape index (κ2) is 6.48. The van der Waals surface area contributed by atoms with E-state index in [-0.39, 0.29) is 32.2 Å². The molecular formula is C16H6Cl2F8N2. The van der Waals surface area contributed by atoms with Gasteiger partial charge in [-0.25, -0.2) is 4.98 Å². The molecule has 3 aromatic rings. The molecule has 150 valence electrons. The van der Waals surface area contributed by atoms with Crippen LogP contribution in [0.3, 0.4) is 0 Å². The third kappa shape index (κ3) is 3.50. The van der Waals surface area contributed by atoms with Crippen molar-refractivity contribution in [3.63, 3.8) is 0 Å². The summed E-state index contributed by atoms with van der Waals surface area (Å²) in [5, 5.41) is -0.480. The van der Waals surface area contributed by atoms with E-state index in [0.29, 0.717) is 6.07 Å². The zero-order valence-electron chi connectivity index (χ0n) is 13.1. The van der Waals surface area contributed by atoms with E-state index in [2.05, 4.69) is 4.98 Å². The van der Waals surface area contributed by atoms with Crippen molar-refractivity contribution in [2.75, 3.05) is 0 Å². The maximum Gasteiger partial charge on any atom is 0.461 e. The van der Waals surface area contributed by atoms with E-state index in [0.717, 1.165) is 24.3 Å². The number of nitrogens with one attached hydrogen (secondary N) is 1. The number of aromatic nitrogens is 2. The lowest BCUT2D eigenvalue weighted by Gasteiger charge is -2.16. The molecule has 0 radical (unpaired) electrons. The van der Waals surface area contributed by atoms with Gasteiger partial charge in [0.05, 0.1) is 21.6 Å². The number of H-pyrrole nitrogens is 1. The summed E-state index contributed by atoms with van der Waals surface area (Å²) >= 11 is 11.9. The molecule has 3 rings (SSSR count). The summed E-state index contributed by atoms with van der Waals surface area (Å²) < 4.78 is 103. The second-order valence-corrected chi connectivity index (χ2v) is 6.51. The average molecular weight is 449 g/mol. The molecule has 0 fully saturated rings. The van der Waals surface area contributed by atoms with E-state index in [1.165, 1.54) is 0 Å². The topological polar surface area (TPSA) is 28.7 Å². The van der Waals surface area contributed by atoms with Crippen molar-refractivity contribution in [2.24, 2.45) is 0 Å². The van der Waals surface area contributed by atoms with Gasteiger partial charge in [-0.05, 0) is 24.3 Å². The maximum absolute atomic E-state index is 13.5.